The summed E-state index contributed by atoms with van der Waals surface area (Å²) in [4.78, 5) is 24.0. The van der Waals surface area contributed by atoms with E-state index >= 15 is 0 Å². The summed E-state index contributed by atoms with van der Waals surface area (Å²) < 4.78 is 9.95. The fourth-order valence-electron chi connectivity index (χ4n) is 1.99. The van der Waals surface area contributed by atoms with Crippen LogP contribution in [-0.4, -0.2) is 20.9 Å². The molecule has 1 aromatic carbocycles. The van der Waals surface area contributed by atoms with Gasteiger partial charge in [0, 0.05) is 5.69 Å². The molecule has 122 valence electrons. The van der Waals surface area contributed by atoms with Crippen molar-refractivity contribution >= 4 is 23.6 Å². The van der Waals surface area contributed by atoms with Gasteiger partial charge in [-0.1, -0.05) is 18.2 Å². The van der Waals surface area contributed by atoms with E-state index in [9.17, 15) is 4.79 Å². The Balaban J connectivity index is 1.72. The largest absolute Gasteiger partial charge is 0.472 e. The highest BCUT2D eigenvalue weighted by atomic mass is 16.5. The number of rotatable bonds is 5. The number of nitrogens with one attached hydrogen (secondary N) is 1. The highest BCUT2D eigenvalue weighted by Gasteiger charge is 2.11. The van der Waals surface area contributed by atoms with Gasteiger partial charge in [0.25, 0.3) is 0 Å². The zero-order valence-electron chi connectivity index (χ0n) is 12.9. The van der Waals surface area contributed by atoms with Crippen LogP contribution in [0.5, 0.6) is 0 Å². The van der Waals surface area contributed by atoms with Crippen LogP contribution in [0.4, 0.5) is 17.6 Å². The van der Waals surface area contributed by atoms with Gasteiger partial charge in [0.15, 0.2) is 12.4 Å². The highest BCUT2D eigenvalue weighted by Crippen LogP contribution is 2.18. The van der Waals surface area contributed by atoms with Crippen LogP contribution in [0.3, 0.4) is 0 Å². The minimum absolute atomic E-state index is 0.0374. The number of para-hydroxylation sites is 1. The molecule has 0 saturated heterocycles. The zero-order chi connectivity index (χ0) is 16.9. The molecule has 2 heterocycles. The molecule has 0 fully saturated rings. The maximum Gasteiger partial charge on any atom is 0.341 e. The molecule has 0 radical (unpaired) electrons. The van der Waals surface area contributed by atoms with Gasteiger partial charge in [-0.2, -0.15) is 15.0 Å². The van der Waals surface area contributed by atoms with Crippen LogP contribution >= 0.6 is 0 Å². The lowest BCUT2D eigenvalue weighted by Crippen LogP contribution is -2.11. The summed E-state index contributed by atoms with van der Waals surface area (Å²) in [5, 5.41) is 3.07. The molecule has 0 saturated carbocycles. The molecule has 0 atom stereocenters. The SMILES string of the molecule is Cc1ccccc1Nc1nc(N)nc(COC(=O)c2ccoc2)n1. The predicted molar refractivity (Wildman–Crippen MR) is 86.5 cm³/mol. The fourth-order valence-corrected chi connectivity index (χ4v) is 1.99. The third kappa shape index (κ3) is 3.67. The first-order valence-corrected chi connectivity index (χ1v) is 7.14. The maximum absolute atomic E-state index is 11.8. The van der Waals surface area contributed by atoms with Gasteiger partial charge in [-0.05, 0) is 24.6 Å². The molecular weight excluding hydrogens is 310 g/mol. The molecule has 3 rings (SSSR count). The van der Waals surface area contributed by atoms with Crippen molar-refractivity contribution in [2.24, 2.45) is 0 Å². The van der Waals surface area contributed by atoms with Crippen molar-refractivity contribution in [1.82, 2.24) is 15.0 Å². The van der Waals surface area contributed by atoms with Crippen molar-refractivity contribution in [3.8, 4) is 0 Å². The van der Waals surface area contributed by atoms with Crippen LogP contribution < -0.4 is 11.1 Å². The first kappa shape index (κ1) is 15.5. The summed E-state index contributed by atoms with van der Waals surface area (Å²) in [5.74, 6) is 0.0354. The topological polar surface area (TPSA) is 116 Å². The summed E-state index contributed by atoms with van der Waals surface area (Å²) in [6.07, 6.45) is 2.69. The molecule has 0 aliphatic rings. The highest BCUT2D eigenvalue weighted by molar-refractivity contribution is 5.88. The number of hydrogen-bond acceptors (Lipinski definition) is 8. The van der Waals surface area contributed by atoms with Gasteiger partial charge < -0.3 is 20.2 Å². The molecule has 0 aliphatic heterocycles. The summed E-state index contributed by atoms with van der Waals surface area (Å²) in [6, 6.07) is 9.19. The first-order chi connectivity index (χ1) is 11.6. The number of nitrogens with two attached hydrogens (primary N) is 1. The lowest BCUT2D eigenvalue weighted by molar-refractivity contribution is 0.0461. The van der Waals surface area contributed by atoms with Crippen LogP contribution in [-0.2, 0) is 11.3 Å². The van der Waals surface area contributed by atoms with Crippen LogP contribution in [0.15, 0.2) is 47.3 Å². The van der Waals surface area contributed by atoms with E-state index in [0.717, 1.165) is 11.3 Å². The van der Waals surface area contributed by atoms with Crippen LogP contribution in [0.25, 0.3) is 0 Å². The Morgan fingerprint density at radius 2 is 2.08 bits per heavy atom. The number of aryl methyl sites for hydroxylation is 1. The van der Waals surface area contributed by atoms with E-state index in [1.54, 1.807) is 0 Å². The molecule has 0 spiro atoms. The number of benzene rings is 1. The Morgan fingerprint density at radius 1 is 1.25 bits per heavy atom. The van der Waals surface area contributed by atoms with Crippen LogP contribution in [0.2, 0.25) is 0 Å². The average Bonchev–Trinajstić information content (AvgIpc) is 3.09. The van der Waals surface area contributed by atoms with E-state index in [1.807, 2.05) is 31.2 Å². The Bertz CT molecular complexity index is 849. The van der Waals surface area contributed by atoms with Crippen molar-refractivity contribution in [2.75, 3.05) is 11.1 Å². The summed E-state index contributed by atoms with van der Waals surface area (Å²) in [5.41, 5.74) is 7.89. The van der Waals surface area contributed by atoms with Gasteiger partial charge in [0.1, 0.15) is 6.26 Å². The van der Waals surface area contributed by atoms with E-state index in [4.69, 9.17) is 14.9 Å². The Morgan fingerprint density at radius 3 is 2.83 bits per heavy atom. The minimum Gasteiger partial charge on any atom is -0.472 e. The van der Waals surface area contributed by atoms with Crippen molar-refractivity contribution in [2.45, 2.75) is 13.5 Å². The predicted octanol–water partition coefficient (Wildman–Crippen LogP) is 2.46. The lowest BCUT2D eigenvalue weighted by atomic mass is 10.2. The second kappa shape index (κ2) is 6.78. The third-order valence-electron chi connectivity index (χ3n) is 3.18. The van der Waals surface area contributed by atoms with E-state index in [1.165, 1.54) is 18.6 Å². The van der Waals surface area contributed by atoms with Gasteiger partial charge in [-0.15, -0.1) is 0 Å². The van der Waals surface area contributed by atoms with Crippen molar-refractivity contribution in [1.29, 1.82) is 0 Å². The van der Waals surface area contributed by atoms with E-state index < -0.39 is 5.97 Å². The second-order valence-electron chi connectivity index (χ2n) is 4.96. The average molecular weight is 325 g/mol. The second-order valence-corrected chi connectivity index (χ2v) is 4.96. The van der Waals surface area contributed by atoms with Gasteiger partial charge in [-0.3, -0.25) is 0 Å². The fraction of sp³-hybridized carbons (Fsp3) is 0.125. The molecular formula is C16H15N5O3. The number of furan rings is 1. The molecule has 0 amide bonds. The standard InChI is InChI=1S/C16H15N5O3/c1-10-4-2-3-5-12(10)18-16-20-13(19-15(17)21-16)9-24-14(22)11-6-7-23-8-11/h2-8H,9H2,1H3,(H3,17,18,19,20,21). The normalized spacial score (nSPS) is 10.4. The smallest absolute Gasteiger partial charge is 0.341 e. The van der Waals surface area contributed by atoms with Gasteiger partial charge >= 0.3 is 5.97 Å². The molecule has 0 aliphatic carbocycles. The molecule has 8 heteroatoms. The van der Waals surface area contributed by atoms with E-state index in [2.05, 4.69) is 20.3 Å². The summed E-state index contributed by atoms with van der Waals surface area (Å²) in [7, 11) is 0. The Labute approximate surface area is 137 Å². The summed E-state index contributed by atoms with van der Waals surface area (Å²) >= 11 is 0. The molecule has 8 nitrogen and oxygen atoms in total. The number of ether oxygens (including phenoxy) is 1. The number of nitrogens with zero attached hydrogens (tertiary/aromatic N) is 3. The first-order valence-electron chi connectivity index (χ1n) is 7.14. The Hall–Kier alpha value is -3.42. The number of carbonyl (C=O) groups excluding carboxylic acids is 1. The van der Waals surface area contributed by atoms with Crippen molar-refractivity contribution < 1.29 is 13.9 Å². The van der Waals surface area contributed by atoms with Crippen molar-refractivity contribution in [3.63, 3.8) is 0 Å². The van der Waals surface area contributed by atoms with E-state index in [0.29, 0.717) is 5.56 Å². The molecule has 3 N–H and O–H groups in total. The maximum atomic E-state index is 11.8. The summed E-state index contributed by atoms with van der Waals surface area (Å²) in [6.45, 7) is 1.83. The molecule has 3 aromatic rings. The number of carbonyl (C=O) groups is 1. The van der Waals surface area contributed by atoms with Crippen LogP contribution in [0, 0.1) is 6.92 Å². The zero-order valence-corrected chi connectivity index (χ0v) is 12.9. The number of esters is 1. The minimum atomic E-state index is -0.531. The number of anilines is 3. The molecule has 0 unspecified atom stereocenters. The third-order valence-corrected chi connectivity index (χ3v) is 3.18. The van der Waals surface area contributed by atoms with Crippen LogP contribution in [0.1, 0.15) is 21.7 Å². The van der Waals surface area contributed by atoms with Gasteiger partial charge in [0.2, 0.25) is 11.9 Å². The molecule has 24 heavy (non-hydrogen) atoms. The number of nitrogen functional groups attached to an aromatic ring is 1. The lowest BCUT2D eigenvalue weighted by Gasteiger charge is -2.09. The van der Waals surface area contributed by atoms with Gasteiger partial charge in [-0.25, -0.2) is 4.79 Å². The van der Waals surface area contributed by atoms with Crippen molar-refractivity contribution in [3.05, 3.63) is 59.8 Å². The monoisotopic (exact) mass is 325 g/mol. The quantitative estimate of drug-likeness (QED) is 0.687. The Kier molecular flexibility index (Phi) is 4.37. The number of hydrogen-bond donors (Lipinski definition) is 2. The molecule has 0 bridgehead atoms. The molecule has 2 aromatic heterocycles. The van der Waals surface area contributed by atoms with E-state index in [-0.39, 0.29) is 24.3 Å². The number of aromatic nitrogens is 3. The van der Waals surface area contributed by atoms with Gasteiger partial charge in [0.05, 0.1) is 11.8 Å².